The third-order valence-electron chi connectivity index (χ3n) is 3.23. The van der Waals surface area contributed by atoms with Gasteiger partial charge in [-0.1, -0.05) is 6.92 Å². The topological polar surface area (TPSA) is 30.5 Å². The lowest BCUT2D eigenvalue weighted by Crippen LogP contribution is -2.45. The summed E-state index contributed by atoms with van der Waals surface area (Å²) in [6.07, 6.45) is 3.34. The highest BCUT2D eigenvalue weighted by atomic mass is 16.5. The van der Waals surface area contributed by atoms with Gasteiger partial charge >= 0.3 is 0 Å². The molecular formula is C12H25NO2. The third kappa shape index (κ3) is 4.49. The first kappa shape index (κ1) is 12.9. The first-order valence-corrected chi connectivity index (χ1v) is 6.15. The van der Waals surface area contributed by atoms with Crippen LogP contribution < -0.4 is 5.32 Å². The van der Waals surface area contributed by atoms with E-state index in [2.05, 4.69) is 19.2 Å². The summed E-state index contributed by atoms with van der Waals surface area (Å²) in [5.74, 6) is 0. The van der Waals surface area contributed by atoms with Gasteiger partial charge in [0, 0.05) is 25.8 Å². The van der Waals surface area contributed by atoms with Crippen LogP contribution in [0, 0.1) is 0 Å². The van der Waals surface area contributed by atoms with Crippen molar-refractivity contribution in [1.29, 1.82) is 0 Å². The number of ether oxygens (including phenoxy) is 2. The summed E-state index contributed by atoms with van der Waals surface area (Å²) in [4.78, 5) is 0. The Bertz CT molecular complexity index is 175. The Kier molecular flexibility index (Phi) is 5.58. The van der Waals surface area contributed by atoms with Crippen molar-refractivity contribution in [3.05, 3.63) is 0 Å². The highest BCUT2D eigenvalue weighted by molar-refractivity contribution is 4.85. The predicted octanol–water partition coefficient (Wildman–Crippen LogP) is 1.96. The lowest BCUT2D eigenvalue weighted by Gasteiger charge is -2.38. The van der Waals surface area contributed by atoms with Gasteiger partial charge in [-0.05, 0) is 33.1 Å². The zero-order valence-corrected chi connectivity index (χ0v) is 10.3. The van der Waals surface area contributed by atoms with Crippen molar-refractivity contribution >= 4 is 0 Å². The van der Waals surface area contributed by atoms with Crippen LogP contribution >= 0.6 is 0 Å². The molecule has 1 saturated heterocycles. The number of hydrogen-bond donors (Lipinski definition) is 1. The first-order chi connectivity index (χ1) is 7.20. The number of nitrogens with one attached hydrogen (secondary N) is 1. The maximum absolute atomic E-state index is 5.80. The summed E-state index contributed by atoms with van der Waals surface area (Å²) in [5.41, 5.74) is 0.0849. The fraction of sp³-hybridized carbons (Fsp3) is 1.00. The molecule has 0 saturated carbocycles. The fourth-order valence-corrected chi connectivity index (χ4v) is 2.03. The minimum Gasteiger partial charge on any atom is -0.380 e. The molecule has 2 unspecified atom stereocenters. The van der Waals surface area contributed by atoms with Crippen molar-refractivity contribution in [2.24, 2.45) is 0 Å². The predicted molar refractivity (Wildman–Crippen MR) is 62.2 cm³/mol. The molecule has 3 heteroatoms. The molecule has 0 bridgehead atoms. The van der Waals surface area contributed by atoms with E-state index in [9.17, 15) is 0 Å². The molecule has 0 spiro atoms. The Morgan fingerprint density at radius 2 is 2.27 bits per heavy atom. The molecule has 15 heavy (non-hydrogen) atoms. The van der Waals surface area contributed by atoms with Crippen molar-refractivity contribution in [2.45, 2.75) is 51.7 Å². The van der Waals surface area contributed by atoms with Crippen LogP contribution in [-0.4, -0.2) is 38.0 Å². The van der Waals surface area contributed by atoms with E-state index in [0.717, 1.165) is 45.6 Å². The molecule has 90 valence electrons. The van der Waals surface area contributed by atoms with Gasteiger partial charge in [0.15, 0.2) is 0 Å². The van der Waals surface area contributed by atoms with E-state index in [1.807, 2.05) is 6.92 Å². The fourth-order valence-electron chi connectivity index (χ4n) is 2.03. The maximum atomic E-state index is 5.80. The molecule has 1 heterocycles. The zero-order chi connectivity index (χ0) is 11.1. The van der Waals surface area contributed by atoms with E-state index in [1.54, 1.807) is 0 Å². The second-order valence-corrected chi connectivity index (χ2v) is 4.49. The standard InChI is InChI=1S/C12H25NO2/c1-4-12(3)10-11(6-8-15-12)13-7-9-14-5-2/h11,13H,4-10H2,1-3H3. The van der Waals surface area contributed by atoms with Crippen molar-refractivity contribution in [3.63, 3.8) is 0 Å². The van der Waals surface area contributed by atoms with E-state index < -0.39 is 0 Å². The van der Waals surface area contributed by atoms with Gasteiger partial charge in [-0.25, -0.2) is 0 Å². The first-order valence-electron chi connectivity index (χ1n) is 6.15. The molecule has 1 aliphatic heterocycles. The van der Waals surface area contributed by atoms with Gasteiger partial charge in [0.25, 0.3) is 0 Å². The van der Waals surface area contributed by atoms with Crippen LogP contribution in [0.25, 0.3) is 0 Å². The monoisotopic (exact) mass is 215 g/mol. The molecule has 1 N–H and O–H groups in total. The molecule has 0 aromatic heterocycles. The normalized spacial score (nSPS) is 31.8. The molecule has 1 rings (SSSR count). The SMILES string of the molecule is CCOCCNC1CCOC(C)(CC)C1. The Balaban J connectivity index is 2.18. The van der Waals surface area contributed by atoms with E-state index in [1.165, 1.54) is 0 Å². The van der Waals surface area contributed by atoms with Gasteiger partial charge in [-0.2, -0.15) is 0 Å². The number of rotatable bonds is 6. The van der Waals surface area contributed by atoms with Crippen LogP contribution in [-0.2, 0) is 9.47 Å². The maximum Gasteiger partial charge on any atom is 0.0666 e. The van der Waals surface area contributed by atoms with Crippen LogP contribution in [0.5, 0.6) is 0 Å². The smallest absolute Gasteiger partial charge is 0.0666 e. The third-order valence-corrected chi connectivity index (χ3v) is 3.23. The molecule has 1 aliphatic rings. The van der Waals surface area contributed by atoms with Gasteiger partial charge in [0.05, 0.1) is 12.2 Å². The summed E-state index contributed by atoms with van der Waals surface area (Å²) in [5, 5.41) is 3.54. The van der Waals surface area contributed by atoms with Gasteiger partial charge in [-0.3, -0.25) is 0 Å². The van der Waals surface area contributed by atoms with Crippen LogP contribution in [0.3, 0.4) is 0 Å². The van der Waals surface area contributed by atoms with Gasteiger partial charge in [0.2, 0.25) is 0 Å². The largest absolute Gasteiger partial charge is 0.380 e. The molecule has 0 aromatic rings. The minimum atomic E-state index is 0.0849. The molecular weight excluding hydrogens is 190 g/mol. The van der Waals surface area contributed by atoms with Gasteiger partial charge in [0.1, 0.15) is 0 Å². The summed E-state index contributed by atoms with van der Waals surface area (Å²) < 4.78 is 11.1. The highest BCUT2D eigenvalue weighted by Gasteiger charge is 2.31. The van der Waals surface area contributed by atoms with Crippen LogP contribution in [0.2, 0.25) is 0 Å². The summed E-state index contributed by atoms with van der Waals surface area (Å²) in [6, 6.07) is 0.601. The molecule has 0 aromatic carbocycles. The summed E-state index contributed by atoms with van der Waals surface area (Å²) in [6.45, 7) is 9.91. The van der Waals surface area contributed by atoms with Crippen LogP contribution in [0.15, 0.2) is 0 Å². The lowest BCUT2D eigenvalue weighted by atomic mass is 9.90. The average Bonchev–Trinajstić information content (AvgIpc) is 2.25. The molecule has 2 atom stereocenters. The van der Waals surface area contributed by atoms with Crippen LogP contribution in [0.4, 0.5) is 0 Å². The van der Waals surface area contributed by atoms with Crippen LogP contribution in [0.1, 0.15) is 40.0 Å². The Morgan fingerprint density at radius 3 is 2.93 bits per heavy atom. The van der Waals surface area contributed by atoms with Crippen molar-refractivity contribution in [3.8, 4) is 0 Å². The summed E-state index contributed by atoms with van der Waals surface area (Å²) in [7, 11) is 0. The quantitative estimate of drug-likeness (QED) is 0.687. The second kappa shape index (κ2) is 6.46. The lowest BCUT2D eigenvalue weighted by molar-refractivity contribution is -0.0783. The van der Waals surface area contributed by atoms with E-state index in [-0.39, 0.29) is 5.60 Å². The van der Waals surface area contributed by atoms with E-state index >= 15 is 0 Å². The average molecular weight is 215 g/mol. The van der Waals surface area contributed by atoms with E-state index in [0.29, 0.717) is 6.04 Å². The molecule has 3 nitrogen and oxygen atoms in total. The number of hydrogen-bond acceptors (Lipinski definition) is 3. The Morgan fingerprint density at radius 1 is 1.47 bits per heavy atom. The molecule has 1 fully saturated rings. The van der Waals surface area contributed by atoms with Gasteiger partial charge in [-0.15, -0.1) is 0 Å². The molecule has 0 radical (unpaired) electrons. The Hall–Kier alpha value is -0.120. The highest BCUT2D eigenvalue weighted by Crippen LogP contribution is 2.27. The Labute approximate surface area is 93.5 Å². The second-order valence-electron chi connectivity index (χ2n) is 4.49. The summed E-state index contributed by atoms with van der Waals surface area (Å²) >= 11 is 0. The molecule has 0 aliphatic carbocycles. The van der Waals surface area contributed by atoms with Crippen molar-refractivity contribution < 1.29 is 9.47 Å². The van der Waals surface area contributed by atoms with Crippen molar-refractivity contribution in [1.82, 2.24) is 5.32 Å². The van der Waals surface area contributed by atoms with E-state index in [4.69, 9.17) is 9.47 Å². The molecule has 0 amide bonds. The van der Waals surface area contributed by atoms with Gasteiger partial charge < -0.3 is 14.8 Å². The zero-order valence-electron chi connectivity index (χ0n) is 10.3. The van der Waals surface area contributed by atoms with Crippen molar-refractivity contribution in [2.75, 3.05) is 26.4 Å². The minimum absolute atomic E-state index is 0.0849.